The molecule has 10 nitrogen and oxygen atoms in total. The molecule has 4 aromatic rings. The number of thiazole rings is 1. The maximum absolute atomic E-state index is 14.1. The number of para-hydroxylation sites is 1. The number of rotatable bonds is 7. The average molecular weight is 598 g/mol. The largest absolute Gasteiger partial charge is 0.375 e. The highest BCUT2D eigenvalue weighted by molar-refractivity contribution is 7.22. The van der Waals surface area contributed by atoms with E-state index in [2.05, 4.69) is 16.2 Å². The molecule has 0 unspecified atom stereocenters. The second kappa shape index (κ2) is 11.7. The lowest BCUT2D eigenvalue weighted by atomic mass is 10.00. The zero-order chi connectivity index (χ0) is 30.1. The number of nitrogens with one attached hydrogen (secondary N) is 1. The summed E-state index contributed by atoms with van der Waals surface area (Å²) < 4.78 is 14.3. The molecule has 2 saturated heterocycles. The molecule has 43 heavy (non-hydrogen) atoms. The first kappa shape index (κ1) is 28.1. The van der Waals surface area contributed by atoms with Gasteiger partial charge in [-0.25, -0.2) is 19.2 Å². The zero-order valence-electron chi connectivity index (χ0n) is 23.0. The number of halogens is 1. The van der Waals surface area contributed by atoms with Crippen LogP contribution in [-0.2, 0) is 22.7 Å². The molecule has 3 aromatic carbocycles. The van der Waals surface area contributed by atoms with Crippen LogP contribution in [-0.4, -0.2) is 68.4 Å². The topological polar surface area (TPSA) is 115 Å². The van der Waals surface area contributed by atoms with Gasteiger partial charge in [0.05, 0.1) is 29.9 Å². The number of terminal acetylenes is 1. The molecule has 0 aliphatic carbocycles. The number of nitrogens with zero attached hydrogens (tertiary/aromatic N) is 5. The second-order valence-electron chi connectivity index (χ2n) is 10.3. The van der Waals surface area contributed by atoms with E-state index >= 15 is 0 Å². The summed E-state index contributed by atoms with van der Waals surface area (Å²) in [7, 11) is 0. The van der Waals surface area contributed by atoms with Gasteiger partial charge in [0, 0.05) is 13.1 Å². The molecule has 12 heteroatoms. The van der Waals surface area contributed by atoms with Crippen molar-refractivity contribution in [2.75, 3.05) is 25.4 Å². The number of carbonyl (C=O) groups excluding carboxylic acids is 3. The van der Waals surface area contributed by atoms with Gasteiger partial charge in [0.2, 0.25) is 5.91 Å². The first-order valence-electron chi connectivity index (χ1n) is 13.6. The Kier molecular flexibility index (Phi) is 7.67. The van der Waals surface area contributed by atoms with Crippen LogP contribution in [0, 0.1) is 18.2 Å². The van der Waals surface area contributed by atoms with Crippen LogP contribution in [0.5, 0.6) is 0 Å². The molecule has 4 amide bonds. The fraction of sp³-hybridized carbons (Fsp3) is 0.226. The van der Waals surface area contributed by atoms with E-state index < -0.39 is 18.2 Å². The van der Waals surface area contributed by atoms with Gasteiger partial charge >= 0.3 is 6.03 Å². The fourth-order valence-electron chi connectivity index (χ4n) is 5.63. The normalized spacial score (nSPS) is 18.5. The maximum atomic E-state index is 14.1. The monoisotopic (exact) mass is 597 g/mol. The number of nitrogen functional groups attached to an aromatic ring is 1. The Hall–Kier alpha value is -4.99. The van der Waals surface area contributed by atoms with Crippen LogP contribution in [0.3, 0.4) is 0 Å². The molecule has 3 heterocycles. The van der Waals surface area contributed by atoms with Gasteiger partial charge in [-0.2, -0.15) is 5.01 Å². The number of hydrogen-bond acceptors (Lipinski definition) is 7. The minimum Gasteiger partial charge on any atom is -0.375 e. The van der Waals surface area contributed by atoms with E-state index in [1.54, 1.807) is 26.9 Å². The summed E-state index contributed by atoms with van der Waals surface area (Å²) in [5.74, 6) is 1.60. The standard InChI is InChI=1S/C31H28FN7O3S/c1-2-15-37(31(42)34-16-20-11-13-23(32)14-12-20)38-19-26(40)39-25(38)18-36(29(41)28(39)21-7-4-3-5-8-21)17-22-9-6-10-24-27(22)35-30(33)43-24/h1,3-14,25,28H,15-19H2,(H2,33,35)(H,34,42)/t25-,28+/m1/s1. The molecule has 0 radical (unpaired) electrons. The Morgan fingerprint density at radius 1 is 1.12 bits per heavy atom. The molecule has 0 bridgehead atoms. The van der Waals surface area contributed by atoms with Crippen LogP contribution in [0.2, 0.25) is 0 Å². The predicted octanol–water partition coefficient (Wildman–Crippen LogP) is 3.33. The summed E-state index contributed by atoms with van der Waals surface area (Å²) in [6.45, 7) is 0.263. The van der Waals surface area contributed by atoms with Crippen molar-refractivity contribution in [3.8, 4) is 12.3 Å². The van der Waals surface area contributed by atoms with E-state index in [1.807, 2.05) is 48.5 Å². The van der Waals surface area contributed by atoms with Gasteiger partial charge in [-0.05, 0) is 34.9 Å². The highest BCUT2D eigenvalue weighted by atomic mass is 32.1. The second-order valence-corrected chi connectivity index (χ2v) is 11.3. The Labute approximate surface area is 251 Å². The predicted molar refractivity (Wildman–Crippen MR) is 160 cm³/mol. The number of amides is 4. The number of hydrogen-bond donors (Lipinski definition) is 2. The number of hydrazine groups is 1. The number of anilines is 1. The van der Waals surface area contributed by atoms with Crippen LogP contribution in [0.1, 0.15) is 22.7 Å². The van der Waals surface area contributed by atoms with Gasteiger partial charge in [0.25, 0.3) is 5.91 Å². The maximum Gasteiger partial charge on any atom is 0.333 e. The smallest absolute Gasteiger partial charge is 0.333 e. The van der Waals surface area contributed by atoms with Gasteiger partial charge in [-0.1, -0.05) is 71.9 Å². The average Bonchev–Trinajstić information content (AvgIpc) is 3.55. The van der Waals surface area contributed by atoms with Crippen molar-refractivity contribution < 1.29 is 18.8 Å². The molecular formula is C31H28FN7O3S. The quantitative estimate of drug-likeness (QED) is 0.316. The van der Waals surface area contributed by atoms with E-state index in [0.717, 1.165) is 15.8 Å². The number of nitrogens with two attached hydrogens (primary N) is 1. The van der Waals surface area contributed by atoms with E-state index in [0.29, 0.717) is 16.3 Å². The number of aromatic nitrogens is 1. The Balaban J connectivity index is 1.32. The minimum atomic E-state index is -0.896. The van der Waals surface area contributed by atoms with E-state index in [9.17, 15) is 18.8 Å². The number of fused-ring (bicyclic) bond motifs is 2. The summed E-state index contributed by atoms with van der Waals surface area (Å²) in [4.78, 5) is 48.9. The first-order chi connectivity index (χ1) is 20.8. The van der Waals surface area contributed by atoms with E-state index in [1.165, 1.54) is 28.5 Å². The van der Waals surface area contributed by atoms with Gasteiger partial charge in [0.15, 0.2) is 5.13 Å². The van der Waals surface area contributed by atoms with Crippen molar-refractivity contribution in [1.82, 2.24) is 30.1 Å². The Morgan fingerprint density at radius 3 is 2.63 bits per heavy atom. The molecule has 2 aliphatic rings. The number of piperazine rings is 1. The fourth-order valence-corrected chi connectivity index (χ4v) is 6.42. The number of carbonyl (C=O) groups is 3. The third-order valence-corrected chi connectivity index (χ3v) is 8.45. The molecule has 6 rings (SSSR count). The molecule has 2 atom stereocenters. The van der Waals surface area contributed by atoms with Crippen LogP contribution in [0.25, 0.3) is 10.2 Å². The lowest BCUT2D eigenvalue weighted by molar-refractivity contribution is -0.158. The first-order valence-corrected chi connectivity index (χ1v) is 14.4. The highest BCUT2D eigenvalue weighted by Crippen LogP contribution is 2.37. The molecule has 2 fully saturated rings. The summed E-state index contributed by atoms with van der Waals surface area (Å²) in [6.07, 6.45) is 5.00. The molecule has 0 saturated carbocycles. The zero-order valence-corrected chi connectivity index (χ0v) is 23.8. The Morgan fingerprint density at radius 2 is 1.88 bits per heavy atom. The van der Waals surface area contributed by atoms with E-state index in [4.69, 9.17) is 12.2 Å². The summed E-state index contributed by atoms with van der Waals surface area (Å²) >= 11 is 1.37. The molecule has 1 aromatic heterocycles. The van der Waals surface area contributed by atoms with Crippen molar-refractivity contribution in [3.63, 3.8) is 0 Å². The van der Waals surface area contributed by atoms with Gasteiger partial charge < -0.3 is 20.9 Å². The minimum absolute atomic E-state index is 0.103. The third kappa shape index (κ3) is 5.48. The molecule has 0 spiro atoms. The highest BCUT2D eigenvalue weighted by Gasteiger charge is 2.52. The number of benzene rings is 3. The van der Waals surface area contributed by atoms with Crippen LogP contribution >= 0.6 is 11.3 Å². The third-order valence-electron chi connectivity index (χ3n) is 7.60. The summed E-state index contributed by atoms with van der Waals surface area (Å²) in [5, 5.41) is 6.20. The van der Waals surface area contributed by atoms with Crippen molar-refractivity contribution in [2.24, 2.45) is 0 Å². The molecular weight excluding hydrogens is 569 g/mol. The summed E-state index contributed by atoms with van der Waals surface area (Å²) in [6, 6.07) is 19.2. The molecule has 2 aliphatic heterocycles. The number of urea groups is 1. The van der Waals surface area contributed by atoms with Crippen molar-refractivity contribution in [2.45, 2.75) is 25.3 Å². The summed E-state index contributed by atoms with van der Waals surface area (Å²) in [5.41, 5.74) is 8.90. The molecule has 3 N–H and O–H groups in total. The van der Waals surface area contributed by atoms with Gasteiger partial charge in [-0.3, -0.25) is 9.59 Å². The van der Waals surface area contributed by atoms with Crippen LogP contribution < -0.4 is 11.1 Å². The Bertz CT molecular complexity index is 1720. The van der Waals surface area contributed by atoms with Crippen molar-refractivity contribution in [3.05, 3.63) is 95.3 Å². The van der Waals surface area contributed by atoms with Gasteiger partial charge in [-0.15, -0.1) is 6.42 Å². The SMILES string of the molecule is C#CCN(C(=O)NCc1ccc(F)cc1)N1CC(=O)N2[C@@H](c3ccccc3)C(=O)N(Cc3cccc4sc(N)nc34)C[C@@H]21. The van der Waals surface area contributed by atoms with Gasteiger partial charge in [0.1, 0.15) is 18.0 Å². The van der Waals surface area contributed by atoms with Crippen LogP contribution in [0.15, 0.2) is 72.8 Å². The molecule has 218 valence electrons. The van der Waals surface area contributed by atoms with Crippen molar-refractivity contribution in [1.29, 1.82) is 0 Å². The van der Waals surface area contributed by atoms with Crippen LogP contribution in [0.4, 0.5) is 14.3 Å². The lowest BCUT2D eigenvalue weighted by Crippen LogP contribution is -2.62. The lowest BCUT2D eigenvalue weighted by Gasteiger charge is -2.46. The van der Waals surface area contributed by atoms with Crippen molar-refractivity contribution >= 4 is 44.5 Å². The van der Waals surface area contributed by atoms with E-state index in [-0.39, 0.29) is 50.4 Å².